The van der Waals surface area contributed by atoms with Crippen molar-refractivity contribution in [1.82, 2.24) is 20.1 Å². The first-order chi connectivity index (χ1) is 11.8. The lowest BCUT2D eigenvalue weighted by Crippen LogP contribution is -2.48. The summed E-state index contributed by atoms with van der Waals surface area (Å²) in [4.78, 5) is 20.6. The number of oxazole rings is 1. The molecule has 2 aliphatic heterocycles. The van der Waals surface area contributed by atoms with Gasteiger partial charge in [0.05, 0.1) is 12.7 Å². The predicted molar refractivity (Wildman–Crippen MR) is 90.3 cm³/mol. The smallest absolute Gasteiger partial charge is 0.317 e. The van der Waals surface area contributed by atoms with Crippen molar-refractivity contribution in [2.45, 2.75) is 25.4 Å². The van der Waals surface area contributed by atoms with Crippen LogP contribution >= 0.6 is 0 Å². The highest BCUT2D eigenvalue weighted by atomic mass is 16.4. The van der Waals surface area contributed by atoms with E-state index in [1.165, 1.54) is 0 Å². The molecule has 1 aromatic heterocycles. The Bertz CT molecular complexity index is 700. The number of rotatable bonds is 4. The highest BCUT2D eigenvalue weighted by Gasteiger charge is 2.31. The second kappa shape index (κ2) is 6.65. The molecule has 2 aliphatic rings. The standard InChI is InChI=1S/C18H22N4O2/c23-18-19-8-10-22(18)15-7-4-9-21(12-15)13-17-20-11-16(24-17)14-5-2-1-3-6-14/h1-3,5-6,11,15H,4,7-10,12-13H2,(H,19,23)/t15-/m0/s1. The van der Waals surface area contributed by atoms with Crippen LogP contribution in [-0.2, 0) is 6.54 Å². The van der Waals surface area contributed by atoms with E-state index in [9.17, 15) is 4.79 Å². The van der Waals surface area contributed by atoms with Gasteiger partial charge in [0.1, 0.15) is 0 Å². The number of nitrogens with one attached hydrogen (secondary N) is 1. The summed E-state index contributed by atoms with van der Waals surface area (Å²) < 4.78 is 5.91. The van der Waals surface area contributed by atoms with Gasteiger partial charge in [-0.15, -0.1) is 0 Å². The maximum absolute atomic E-state index is 11.9. The molecule has 0 unspecified atom stereocenters. The van der Waals surface area contributed by atoms with E-state index in [1.54, 1.807) is 6.20 Å². The first kappa shape index (κ1) is 15.2. The van der Waals surface area contributed by atoms with Gasteiger partial charge in [0, 0.05) is 31.2 Å². The van der Waals surface area contributed by atoms with Crippen molar-refractivity contribution in [2.24, 2.45) is 0 Å². The van der Waals surface area contributed by atoms with Crippen LogP contribution in [0.15, 0.2) is 40.9 Å². The minimum absolute atomic E-state index is 0.0735. The number of amides is 2. The van der Waals surface area contributed by atoms with E-state index >= 15 is 0 Å². The van der Waals surface area contributed by atoms with Gasteiger partial charge in [0.25, 0.3) is 0 Å². The van der Waals surface area contributed by atoms with Crippen molar-refractivity contribution in [2.75, 3.05) is 26.2 Å². The van der Waals surface area contributed by atoms with Gasteiger partial charge in [0.15, 0.2) is 5.76 Å². The highest BCUT2D eigenvalue weighted by molar-refractivity contribution is 5.76. The number of piperidine rings is 1. The van der Waals surface area contributed by atoms with Crippen LogP contribution in [0, 0.1) is 0 Å². The number of aromatic nitrogens is 1. The van der Waals surface area contributed by atoms with E-state index < -0.39 is 0 Å². The van der Waals surface area contributed by atoms with Gasteiger partial charge < -0.3 is 14.6 Å². The molecule has 6 nitrogen and oxygen atoms in total. The molecule has 0 spiro atoms. The summed E-state index contributed by atoms with van der Waals surface area (Å²) in [6.07, 6.45) is 3.96. The Kier molecular flexibility index (Phi) is 4.21. The third kappa shape index (κ3) is 3.14. The zero-order chi connectivity index (χ0) is 16.4. The summed E-state index contributed by atoms with van der Waals surface area (Å²) in [7, 11) is 0. The Morgan fingerprint density at radius 2 is 2.12 bits per heavy atom. The fourth-order valence-electron chi connectivity index (χ4n) is 3.57. The SMILES string of the molecule is O=C1NCCN1[C@H]1CCCN(Cc2ncc(-c3ccccc3)o2)C1. The van der Waals surface area contributed by atoms with Crippen LogP contribution in [0.3, 0.4) is 0 Å². The van der Waals surface area contributed by atoms with E-state index in [0.29, 0.717) is 12.6 Å². The minimum atomic E-state index is 0.0735. The van der Waals surface area contributed by atoms with Crippen molar-refractivity contribution >= 4 is 6.03 Å². The molecule has 0 radical (unpaired) electrons. The molecule has 6 heteroatoms. The monoisotopic (exact) mass is 326 g/mol. The van der Waals surface area contributed by atoms with Crippen LogP contribution in [0.5, 0.6) is 0 Å². The number of carbonyl (C=O) groups excluding carboxylic acids is 1. The number of hydrogen-bond donors (Lipinski definition) is 1. The number of urea groups is 1. The van der Waals surface area contributed by atoms with Gasteiger partial charge in [0.2, 0.25) is 5.89 Å². The van der Waals surface area contributed by atoms with Crippen molar-refractivity contribution in [3.63, 3.8) is 0 Å². The topological polar surface area (TPSA) is 61.6 Å². The maximum Gasteiger partial charge on any atom is 0.317 e. The Balaban J connectivity index is 1.40. The maximum atomic E-state index is 11.9. The number of carbonyl (C=O) groups is 1. The number of nitrogens with zero attached hydrogens (tertiary/aromatic N) is 3. The van der Waals surface area contributed by atoms with Crippen molar-refractivity contribution in [3.05, 3.63) is 42.4 Å². The largest absolute Gasteiger partial charge is 0.439 e. The van der Waals surface area contributed by atoms with Crippen LogP contribution in [0.25, 0.3) is 11.3 Å². The van der Waals surface area contributed by atoms with E-state index in [1.807, 2.05) is 35.2 Å². The molecule has 1 aromatic carbocycles. The fraction of sp³-hybridized carbons (Fsp3) is 0.444. The first-order valence-electron chi connectivity index (χ1n) is 8.56. The third-order valence-electron chi connectivity index (χ3n) is 4.78. The van der Waals surface area contributed by atoms with Crippen LogP contribution in [0.2, 0.25) is 0 Å². The molecule has 0 aliphatic carbocycles. The Hall–Kier alpha value is -2.34. The summed E-state index contributed by atoms with van der Waals surface area (Å²) >= 11 is 0. The Morgan fingerprint density at radius 1 is 1.25 bits per heavy atom. The molecule has 0 bridgehead atoms. The van der Waals surface area contributed by atoms with Gasteiger partial charge in [-0.25, -0.2) is 9.78 Å². The molecule has 4 rings (SSSR count). The molecular formula is C18H22N4O2. The quantitative estimate of drug-likeness (QED) is 0.937. The molecule has 3 heterocycles. The van der Waals surface area contributed by atoms with Gasteiger partial charge in [-0.2, -0.15) is 0 Å². The van der Waals surface area contributed by atoms with Crippen LogP contribution < -0.4 is 5.32 Å². The van der Waals surface area contributed by atoms with Gasteiger partial charge >= 0.3 is 6.03 Å². The lowest BCUT2D eigenvalue weighted by atomic mass is 10.0. The lowest BCUT2D eigenvalue weighted by Gasteiger charge is -2.36. The van der Waals surface area contributed by atoms with Gasteiger partial charge in [-0.3, -0.25) is 4.90 Å². The van der Waals surface area contributed by atoms with Crippen molar-refractivity contribution < 1.29 is 9.21 Å². The molecule has 1 N–H and O–H groups in total. The van der Waals surface area contributed by atoms with E-state index in [-0.39, 0.29) is 6.03 Å². The van der Waals surface area contributed by atoms with Gasteiger partial charge in [-0.1, -0.05) is 30.3 Å². The number of likely N-dealkylation sites (tertiary alicyclic amines) is 1. The first-order valence-corrected chi connectivity index (χ1v) is 8.56. The van der Waals surface area contributed by atoms with Crippen LogP contribution in [-0.4, -0.2) is 53.0 Å². The normalized spacial score (nSPS) is 21.9. The molecule has 24 heavy (non-hydrogen) atoms. The summed E-state index contributed by atoms with van der Waals surface area (Å²) in [5.41, 5.74) is 1.04. The lowest BCUT2D eigenvalue weighted by molar-refractivity contribution is 0.115. The Morgan fingerprint density at radius 3 is 2.92 bits per heavy atom. The van der Waals surface area contributed by atoms with Gasteiger partial charge in [-0.05, 0) is 19.4 Å². The van der Waals surface area contributed by atoms with Crippen molar-refractivity contribution in [1.29, 1.82) is 0 Å². The number of hydrogen-bond acceptors (Lipinski definition) is 4. The van der Waals surface area contributed by atoms with E-state index in [0.717, 1.165) is 56.2 Å². The minimum Gasteiger partial charge on any atom is -0.439 e. The molecule has 0 saturated carbocycles. The highest BCUT2D eigenvalue weighted by Crippen LogP contribution is 2.22. The third-order valence-corrected chi connectivity index (χ3v) is 4.78. The molecule has 126 valence electrons. The zero-order valence-corrected chi connectivity index (χ0v) is 13.6. The average molecular weight is 326 g/mol. The molecule has 2 amide bonds. The summed E-state index contributed by atoms with van der Waals surface area (Å²) in [6.45, 7) is 4.17. The Labute approximate surface area is 141 Å². The summed E-state index contributed by atoms with van der Waals surface area (Å²) in [5, 5.41) is 2.89. The summed E-state index contributed by atoms with van der Waals surface area (Å²) in [6, 6.07) is 10.4. The molecule has 1 atom stereocenters. The molecular weight excluding hydrogens is 304 g/mol. The fourth-order valence-corrected chi connectivity index (χ4v) is 3.57. The predicted octanol–water partition coefficient (Wildman–Crippen LogP) is 2.33. The second-order valence-electron chi connectivity index (χ2n) is 6.44. The molecule has 2 aromatic rings. The molecule has 2 saturated heterocycles. The second-order valence-corrected chi connectivity index (χ2v) is 6.44. The zero-order valence-electron chi connectivity index (χ0n) is 13.6. The average Bonchev–Trinajstić information content (AvgIpc) is 3.25. The van der Waals surface area contributed by atoms with Crippen molar-refractivity contribution in [3.8, 4) is 11.3 Å². The number of benzene rings is 1. The van der Waals surface area contributed by atoms with E-state index in [4.69, 9.17) is 4.42 Å². The molecule has 2 fully saturated rings. The van der Waals surface area contributed by atoms with Crippen LogP contribution in [0.1, 0.15) is 18.7 Å². The summed E-state index contributed by atoms with van der Waals surface area (Å²) in [5.74, 6) is 1.54. The van der Waals surface area contributed by atoms with Crippen LogP contribution in [0.4, 0.5) is 4.79 Å². The van der Waals surface area contributed by atoms with E-state index in [2.05, 4.69) is 15.2 Å².